The molecule has 0 unspecified atom stereocenters. The van der Waals surface area contributed by atoms with Crippen LogP contribution in [0.15, 0.2) is 36.1 Å². The van der Waals surface area contributed by atoms with Crippen LogP contribution in [0.3, 0.4) is 0 Å². The van der Waals surface area contributed by atoms with Gasteiger partial charge in [-0.1, -0.05) is 0 Å². The molecule has 2 amide bonds. The highest BCUT2D eigenvalue weighted by Gasteiger charge is 2.14. The fraction of sp³-hybridized carbons (Fsp3) is 0.308. The first kappa shape index (κ1) is 14.4. The van der Waals surface area contributed by atoms with E-state index in [0.717, 1.165) is 5.56 Å². The van der Waals surface area contributed by atoms with E-state index >= 15 is 0 Å². The number of pyridine rings is 1. The Morgan fingerprint density at radius 2 is 2.15 bits per heavy atom. The van der Waals surface area contributed by atoms with Crippen molar-refractivity contribution in [3.8, 4) is 0 Å². The molecular weight excluding hydrogens is 276 g/mol. The number of urea groups is 1. The lowest BCUT2D eigenvalue weighted by Crippen LogP contribution is -2.35. The molecule has 2 aromatic heterocycles. The Bertz CT molecular complexity index is 518. The second-order valence-corrected chi connectivity index (χ2v) is 5.02. The number of aliphatic hydroxyl groups excluding tert-OH is 1. The molecule has 2 heterocycles. The summed E-state index contributed by atoms with van der Waals surface area (Å²) >= 11 is 1.37. The molecule has 7 heteroatoms. The predicted octanol–water partition coefficient (Wildman–Crippen LogP) is 1.95. The number of amides is 2. The van der Waals surface area contributed by atoms with Crippen LogP contribution in [0.4, 0.5) is 9.93 Å². The maximum absolute atomic E-state index is 12.2. The fourth-order valence-electron chi connectivity index (χ4n) is 1.68. The van der Waals surface area contributed by atoms with Crippen LogP contribution < -0.4 is 5.32 Å². The first-order chi connectivity index (χ1) is 9.79. The molecule has 20 heavy (non-hydrogen) atoms. The van der Waals surface area contributed by atoms with Gasteiger partial charge in [-0.05, 0) is 24.1 Å². The number of carbonyl (C=O) groups excluding carboxylic acids is 1. The number of rotatable bonds is 6. The zero-order chi connectivity index (χ0) is 14.2. The molecule has 0 fully saturated rings. The minimum Gasteiger partial charge on any atom is -0.396 e. The molecule has 0 aliphatic heterocycles. The molecule has 2 aromatic rings. The molecule has 0 saturated heterocycles. The summed E-state index contributed by atoms with van der Waals surface area (Å²) < 4.78 is 0. The molecule has 0 radical (unpaired) electrons. The molecular formula is C13H16N4O2S. The van der Waals surface area contributed by atoms with Gasteiger partial charge in [-0.3, -0.25) is 10.3 Å². The van der Waals surface area contributed by atoms with Gasteiger partial charge in [-0.2, -0.15) is 0 Å². The summed E-state index contributed by atoms with van der Waals surface area (Å²) in [5.41, 5.74) is 0.993. The molecule has 106 valence electrons. The van der Waals surface area contributed by atoms with Crippen molar-refractivity contribution in [2.75, 3.05) is 18.5 Å². The number of carbonyl (C=O) groups is 1. The first-order valence-corrected chi connectivity index (χ1v) is 7.13. The van der Waals surface area contributed by atoms with E-state index in [-0.39, 0.29) is 12.6 Å². The van der Waals surface area contributed by atoms with Crippen LogP contribution in [-0.2, 0) is 6.54 Å². The molecule has 6 nitrogen and oxygen atoms in total. The SMILES string of the molecule is O=C(Nc1nccs1)N(CCCO)Cc1ccncc1. The Kier molecular flexibility index (Phi) is 5.45. The van der Waals surface area contributed by atoms with Crippen molar-refractivity contribution in [2.45, 2.75) is 13.0 Å². The van der Waals surface area contributed by atoms with Gasteiger partial charge in [0.25, 0.3) is 0 Å². The summed E-state index contributed by atoms with van der Waals surface area (Å²) in [6, 6.07) is 3.51. The monoisotopic (exact) mass is 292 g/mol. The molecule has 2 N–H and O–H groups in total. The van der Waals surface area contributed by atoms with E-state index in [1.54, 1.807) is 28.9 Å². The topological polar surface area (TPSA) is 78.4 Å². The number of hydrogen-bond acceptors (Lipinski definition) is 5. The van der Waals surface area contributed by atoms with Crippen LogP contribution >= 0.6 is 11.3 Å². The smallest absolute Gasteiger partial charge is 0.323 e. The molecule has 0 aliphatic carbocycles. The average molecular weight is 292 g/mol. The zero-order valence-corrected chi connectivity index (χ0v) is 11.7. The van der Waals surface area contributed by atoms with Crippen LogP contribution in [-0.4, -0.2) is 39.2 Å². The minimum atomic E-state index is -0.217. The van der Waals surface area contributed by atoms with Gasteiger partial charge in [0, 0.05) is 43.7 Å². The zero-order valence-electron chi connectivity index (χ0n) is 10.9. The summed E-state index contributed by atoms with van der Waals surface area (Å²) in [6.07, 6.45) is 5.56. The van der Waals surface area contributed by atoms with Gasteiger partial charge in [0.15, 0.2) is 5.13 Å². The minimum absolute atomic E-state index is 0.0530. The Labute approximate surface area is 121 Å². The molecule has 2 rings (SSSR count). The van der Waals surface area contributed by atoms with Gasteiger partial charge in [0.2, 0.25) is 0 Å². The van der Waals surface area contributed by atoms with Crippen molar-refractivity contribution in [2.24, 2.45) is 0 Å². The third-order valence-corrected chi connectivity index (χ3v) is 3.33. The van der Waals surface area contributed by atoms with Crippen LogP contribution in [0.1, 0.15) is 12.0 Å². The Balaban J connectivity index is 2.00. The van der Waals surface area contributed by atoms with Gasteiger partial charge in [-0.15, -0.1) is 11.3 Å². The number of aliphatic hydroxyl groups is 1. The number of aromatic nitrogens is 2. The van der Waals surface area contributed by atoms with Crippen molar-refractivity contribution in [3.63, 3.8) is 0 Å². The van der Waals surface area contributed by atoms with Gasteiger partial charge < -0.3 is 10.0 Å². The summed E-state index contributed by atoms with van der Waals surface area (Å²) in [5.74, 6) is 0. The highest BCUT2D eigenvalue weighted by Crippen LogP contribution is 2.12. The summed E-state index contributed by atoms with van der Waals surface area (Å²) in [4.78, 5) is 21.8. The number of thiazole rings is 1. The van der Waals surface area contributed by atoms with Gasteiger partial charge in [0.1, 0.15) is 0 Å². The van der Waals surface area contributed by atoms with Crippen LogP contribution in [0.25, 0.3) is 0 Å². The van der Waals surface area contributed by atoms with Crippen molar-refractivity contribution in [1.82, 2.24) is 14.9 Å². The summed E-state index contributed by atoms with van der Waals surface area (Å²) in [7, 11) is 0. The maximum Gasteiger partial charge on any atom is 0.323 e. The normalized spacial score (nSPS) is 10.2. The lowest BCUT2D eigenvalue weighted by molar-refractivity contribution is 0.199. The lowest BCUT2D eigenvalue weighted by Gasteiger charge is -2.22. The van der Waals surface area contributed by atoms with Gasteiger partial charge in [-0.25, -0.2) is 9.78 Å². The van der Waals surface area contributed by atoms with Gasteiger partial charge in [0.05, 0.1) is 0 Å². The van der Waals surface area contributed by atoms with Crippen LogP contribution in [0.2, 0.25) is 0 Å². The molecule has 0 saturated carbocycles. The Morgan fingerprint density at radius 3 is 2.80 bits per heavy atom. The predicted molar refractivity (Wildman–Crippen MR) is 77.5 cm³/mol. The molecule has 0 atom stereocenters. The van der Waals surface area contributed by atoms with Crippen molar-refractivity contribution in [1.29, 1.82) is 0 Å². The standard InChI is InChI=1S/C13H16N4O2S/c18-8-1-7-17(10-11-2-4-14-5-3-11)13(19)16-12-15-6-9-20-12/h2-6,9,18H,1,7-8,10H2,(H,15,16,19). The van der Waals surface area contributed by atoms with E-state index in [9.17, 15) is 4.79 Å². The Hall–Kier alpha value is -1.99. The van der Waals surface area contributed by atoms with Crippen molar-refractivity contribution >= 4 is 22.5 Å². The van der Waals surface area contributed by atoms with E-state index in [2.05, 4.69) is 15.3 Å². The quantitative estimate of drug-likeness (QED) is 0.853. The maximum atomic E-state index is 12.2. The Morgan fingerprint density at radius 1 is 1.35 bits per heavy atom. The number of anilines is 1. The highest BCUT2D eigenvalue weighted by molar-refractivity contribution is 7.13. The number of hydrogen-bond donors (Lipinski definition) is 2. The summed E-state index contributed by atoms with van der Waals surface area (Å²) in [6.45, 7) is 1.01. The van der Waals surface area contributed by atoms with Gasteiger partial charge >= 0.3 is 6.03 Å². The molecule has 0 bridgehead atoms. The first-order valence-electron chi connectivity index (χ1n) is 6.25. The van der Waals surface area contributed by atoms with E-state index in [1.807, 2.05) is 12.1 Å². The van der Waals surface area contributed by atoms with Crippen molar-refractivity contribution < 1.29 is 9.90 Å². The van der Waals surface area contributed by atoms with Crippen molar-refractivity contribution in [3.05, 3.63) is 41.7 Å². The second-order valence-electron chi connectivity index (χ2n) is 4.12. The van der Waals surface area contributed by atoms with Crippen LogP contribution in [0.5, 0.6) is 0 Å². The third-order valence-electron chi connectivity index (χ3n) is 2.64. The van der Waals surface area contributed by atoms with E-state index in [4.69, 9.17) is 5.11 Å². The molecule has 0 spiro atoms. The van der Waals surface area contributed by atoms with E-state index in [0.29, 0.717) is 24.6 Å². The number of nitrogens with zero attached hydrogens (tertiary/aromatic N) is 3. The molecule has 0 aliphatic rings. The largest absolute Gasteiger partial charge is 0.396 e. The number of nitrogens with one attached hydrogen (secondary N) is 1. The summed E-state index contributed by atoms with van der Waals surface area (Å²) in [5, 5.41) is 14.1. The fourth-order valence-corrected chi connectivity index (χ4v) is 2.20. The second kappa shape index (κ2) is 7.56. The average Bonchev–Trinajstić information content (AvgIpc) is 2.97. The lowest BCUT2D eigenvalue weighted by atomic mass is 10.2. The van der Waals surface area contributed by atoms with Crippen LogP contribution in [0, 0.1) is 0 Å². The molecule has 0 aromatic carbocycles. The highest BCUT2D eigenvalue weighted by atomic mass is 32.1. The van der Waals surface area contributed by atoms with E-state index in [1.165, 1.54) is 11.3 Å². The van der Waals surface area contributed by atoms with E-state index < -0.39 is 0 Å². The third kappa shape index (κ3) is 4.29.